The van der Waals surface area contributed by atoms with Gasteiger partial charge in [0.05, 0.1) is 25.8 Å². The molecule has 1 N–H and O–H groups in total. The van der Waals surface area contributed by atoms with Crippen LogP contribution in [0.4, 0.5) is 10.5 Å². The molecule has 10 nitrogen and oxygen atoms in total. The summed E-state index contributed by atoms with van der Waals surface area (Å²) in [5.74, 6) is 1.60. The van der Waals surface area contributed by atoms with Crippen LogP contribution in [0.5, 0.6) is 23.0 Å². The first kappa shape index (κ1) is 30.6. The topological polar surface area (TPSA) is 99.4 Å². The zero-order valence-corrected chi connectivity index (χ0v) is 24.7. The van der Waals surface area contributed by atoms with Crippen LogP contribution < -0.4 is 33.7 Å². The molecule has 0 aliphatic rings. The number of carbonyl (C=O) groups excluding carboxylic acids is 2. The van der Waals surface area contributed by atoms with Crippen molar-refractivity contribution in [2.45, 2.75) is 19.9 Å². The maximum absolute atomic E-state index is 13.0. The molecule has 2 amide bonds. The van der Waals surface area contributed by atoms with Gasteiger partial charge in [0.2, 0.25) is 5.75 Å². The summed E-state index contributed by atoms with van der Waals surface area (Å²) in [6.07, 6.45) is 4.13. The average molecular weight is 618 g/mol. The molecule has 40 heavy (non-hydrogen) atoms. The fourth-order valence-corrected chi connectivity index (χ4v) is 4.44. The molecule has 0 unspecified atom stereocenters. The molecule has 0 spiro atoms. The highest BCUT2D eigenvalue weighted by Crippen LogP contribution is 2.40. The molecule has 0 radical (unpaired) electrons. The van der Waals surface area contributed by atoms with Crippen molar-refractivity contribution in [3.8, 4) is 23.0 Å². The van der Waals surface area contributed by atoms with Gasteiger partial charge in [-0.15, -0.1) is 0 Å². The lowest BCUT2D eigenvalue weighted by Gasteiger charge is -2.22. The predicted molar refractivity (Wildman–Crippen MR) is 154 cm³/mol. The molecule has 0 saturated heterocycles. The van der Waals surface area contributed by atoms with E-state index in [2.05, 4.69) is 28.2 Å². The van der Waals surface area contributed by atoms with E-state index in [0.29, 0.717) is 34.2 Å². The molecule has 0 fully saturated rings. The lowest BCUT2D eigenvalue weighted by Crippen LogP contribution is -2.40. The molecule has 0 atom stereocenters. The summed E-state index contributed by atoms with van der Waals surface area (Å²) < 4.78 is 30.0. The summed E-state index contributed by atoms with van der Waals surface area (Å²) in [5.41, 5.74) is 1.18. The van der Waals surface area contributed by atoms with Crippen molar-refractivity contribution >= 4 is 33.6 Å². The van der Waals surface area contributed by atoms with Gasteiger partial charge < -0.3 is 29.0 Å². The number of para-hydroxylation sites is 1. The fraction of sp³-hybridized carbons (Fsp3) is 0.345. The van der Waals surface area contributed by atoms with Gasteiger partial charge in [0, 0.05) is 37.3 Å². The van der Waals surface area contributed by atoms with Crippen molar-refractivity contribution in [1.82, 2.24) is 5.32 Å². The number of halogens is 1. The Morgan fingerprint density at radius 1 is 0.950 bits per heavy atom. The lowest BCUT2D eigenvalue weighted by molar-refractivity contribution is -0.697. The zero-order chi connectivity index (χ0) is 28.9. The molecule has 3 rings (SSSR count). The van der Waals surface area contributed by atoms with Crippen LogP contribution >= 0.6 is 15.9 Å². The van der Waals surface area contributed by atoms with E-state index in [4.69, 9.17) is 23.7 Å². The number of nitrogens with zero attached hydrogens (tertiary/aromatic N) is 2. The number of pyridine rings is 1. The number of carbonyl (C=O) groups is 2. The van der Waals surface area contributed by atoms with Gasteiger partial charge >= 0.3 is 6.09 Å². The number of hydrogen-bond donors (Lipinski definition) is 1. The van der Waals surface area contributed by atoms with Crippen LogP contribution in [0, 0.1) is 0 Å². The molecule has 1 heterocycles. The number of nitrogens with one attached hydrogen (secondary N) is 1. The highest BCUT2D eigenvalue weighted by Gasteiger charge is 2.19. The Hall–Kier alpha value is -3.99. The van der Waals surface area contributed by atoms with Gasteiger partial charge in [-0.1, -0.05) is 25.1 Å². The SMILES string of the molecule is CCC[n+]1cc(Br)cc(C(=O)NCCN(C(=O)OCCOc2cc(OC)c(OC)c(OC)c2)c2ccccc2)c1. The molecule has 2 aromatic carbocycles. The third kappa shape index (κ3) is 8.51. The maximum atomic E-state index is 13.0. The van der Waals surface area contributed by atoms with E-state index < -0.39 is 6.09 Å². The third-order valence-corrected chi connectivity index (χ3v) is 6.19. The number of aryl methyl sites for hydroxylation is 1. The van der Waals surface area contributed by atoms with Gasteiger partial charge in [-0.3, -0.25) is 9.69 Å². The fourth-order valence-electron chi connectivity index (χ4n) is 3.93. The quantitative estimate of drug-likeness (QED) is 0.208. The van der Waals surface area contributed by atoms with E-state index in [9.17, 15) is 9.59 Å². The zero-order valence-electron chi connectivity index (χ0n) is 23.1. The van der Waals surface area contributed by atoms with Crippen molar-refractivity contribution in [3.63, 3.8) is 0 Å². The van der Waals surface area contributed by atoms with Crippen molar-refractivity contribution in [2.75, 3.05) is 52.5 Å². The summed E-state index contributed by atoms with van der Waals surface area (Å²) in [7, 11) is 4.56. The molecular formula is C29H35BrN3O7+. The molecule has 3 aromatic rings. The number of amides is 2. The van der Waals surface area contributed by atoms with Crippen LogP contribution in [0.2, 0.25) is 0 Å². The van der Waals surface area contributed by atoms with Gasteiger partial charge in [-0.25, -0.2) is 9.36 Å². The van der Waals surface area contributed by atoms with Crippen LogP contribution in [0.3, 0.4) is 0 Å². The van der Waals surface area contributed by atoms with Crippen LogP contribution in [0.15, 0.2) is 65.4 Å². The van der Waals surface area contributed by atoms with Crippen LogP contribution in [-0.2, 0) is 11.3 Å². The number of rotatable bonds is 14. The number of methoxy groups -OCH3 is 3. The first-order chi connectivity index (χ1) is 19.4. The number of benzene rings is 2. The Morgan fingerprint density at radius 2 is 1.65 bits per heavy atom. The number of hydrogen-bond acceptors (Lipinski definition) is 7. The minimum absolute atomic E-state index is 0.000652. The van der Waals surface area contributed by atoms with Gasteiger partial charge in [0.1, 0.15) is 31.1 Å². The minimum atomic E-state index is -0.558. The largest absolute Gasteiger partial charge is 0.493 e. The summed E-state index contributed by atoms with van der Waals surface area (Å²) >= 11 is 3.46. The van der Waals surface area contributed by atoms with E-state index in [1.54, 1.807) is 36.5 Å². The van der Waals surface area contributed by atoms with Crippen LogP contribution in [-0.4, -0.2) is 59.6 Å². The van der Waals surface area contributed by atoms with E-state index in [1.807, 2.05) is 29.0 Å². The maximum Gasteiger partial charge on any atom is 0.414 e. The van der Waals surface area contributed by atoms with Crippen molar-refractivity contribution in [2.24, 2.45) is 0 Å². The van der Waals surface area contributed by atoms with Crippen molar-refractivity contribution in [1.29, 1.82) is 0 Å². The van der Waals surface area contributed by atoms with Crippen LogP contribution in [0.1, 0.15) is 23.7 Å². The van der Waals surface area contributed by atoms with E-state index in [1.165, 1.54) is 26.2 Å². The predicted octanol–water partition coefficient (Wildman–Crippen LogP) is 4.62. The number of ether oxygens (including phenoxy) is 5. The van der Waals surface area contributed by atoms with Gasteiger partial charge in [-0.05, 0) is 34.1 Å². The lowest BCUT2D eigenvalue weighted by atomic mass is 10.2. The second kappa shape index (κ2) is 15.6. The van der Waals surface area contributed by atoms with Crippen LogP contribution in [0.25, 0.3) is 0 Å². The number of aromatic nitrogens is 1. The molecule has 0 saturated carbocycles. The van der Waals surface area contributed by atoms with Crippen molar-refractivity contribution < 1.29 is 37.8 Å². The van der Waals surface area contributed by atoms with Crippen molar-refractivity contribution in [3.05, 3.63) is 71.0 Å². The van der Waals surface area contributed by atoms with Gasteiger partial charge in [0.15, 0.2) is 23.9 Å². The average Bonchev–Trinajstić information content (AvgIpc) is 2.97. The summed E-state index contributed by atoms with van der Waals surface area (Å²) in [5, 5.41) is 2.89. The Balaban J connectivity index is 1.58. The molecular weight excluding hydrogens is 582 g/mol. The highest BCUT2D eigenvalue weighted by atomic mass is 79.9. The first-order valence-corrected chi connectivity index (χ1v) is 13.6. The van der Waals surface area contributed by atoms with E-state index >= 15 is 0 Å². The minimum Gasteiger partial charge on any atom is -0.493 e. The molecule has 11 heteroatoms. The Kier molecular flexibility index (Phi) is 11.9. The summed E-state index contributed by atoms with van der Waals surface area (Å²) in [4.78, 5) is 27.3. The van der Waals surface area contributed by atoms with E-state index in [-0.39, 0.29) is 32.2 Å². The monoisotopic (exact) mass is 616 g/mol. The highest BCUT2D eigenvalue weighted by molar-refractivity contribution is 9.10. The first-order valence-electron chi connectivity index (χ1n) is 12.8. The summed E-state index contributed by atoms with van der Waals surface area (Å²) in [6.45, 7) is 3.42. The molecule has 0 aliphatic carbocycles. The standard InChI is InChI=1S/C29H34BrN3O7/c1-5-12-32-19-21(16-22(30)20-32)28(34)31-11-13-33(23-9-7-6-8-10-23)29(35)40-15-14-39-24-17-25(36-2)27(38-4)26(18-24)37-3/h6-10,16-20H,5,11-15H2,1-4H3/p+1. The van der Waals surface area contributed by atoms with Gasteiger partial charge in [0.25, 0.3) is 5.91 Å². The third-order valence-electron chi connectivity index (χ3n) is 5.76. The number of anilines is 1. The Labute approximate surface area is 242 Å². The van der Waals surface area contributed by atoms with Gasteiger partial charge in [-0.2, -0.15) is 0 Å². The molecule has 0 aliphatic heterocycles. The molecule has 1 aromatic heterocycles. The summed E-state index contributed by atoms with van der Waals surface area (Å²) in [6, 6.07) is 14.2. The Bertz CT molecular complexity index is 1250. The smallest absolute Gasteiger partial charge is 0.414 e. The molecule has 0 bridgehead atoms. The normalized spacial score (nSPS) is 10.4. The second-order valence-electron chi connectivity index (χ2n) is 8.55. The van der Waals surface area contributed by atoms with E-state index in [0.717, 1.165) is 17.4 Å². The second-order valence-corrected chi connectivity index (χ2v) is 9.46. The Morgan fingerprint density at radius 3 is 2.27 bits per heavy atom. The molecule has 214 valence electrons.